The Morgan fingerprint density at radius 1 is 0.935 bits per heavy atom. The van der Waals surface area contributed by atoms with Crippen molar-refractivity contribution in [2.24, 2.45) is 0 Å². The van der Waals surface area contributed by atoms with Gasteiger partial charge in [0.15, 0.2) is 0 Å². The number of likely N-dealkylation sites (N-methyl/N-ethyl adjacent to an activating group) is 1. The van der Waals surface area contributed by atoms with Crippen LogP contribution in [0.3, 0.4) is 0 Å². The summed E-state index contributed by atoms with van der Waals surface area (Å²) in [6.07, 6.45) is 0.312. The molecule has 5 nitrogen and oxygen atoms in total. The first-order chi connectivity index (χ1) is 15.0. The molecule has 0 spiro atoms. The van der Waals surface area contributed by atoms with Crippen molar-refractivity contribution in [3.8, 4) is 5.75 Å². The highest BCUT2D eigenvalue weighted by Gasteiger charge is 2.20. The minimum Gasteiger partial charge on any atom is -0.496 e. The van der Waals surface area contributed by atoms with Gasteiger partial charge in [0.05, 0.1) is 20.1 Å². The van der Waals surface area contributed by atoms with Crippen LogP contribution in [0.4, 0.5) is 5.69 Å². The van der Waals surface area contributed by atoms with Gasteiger partial charge in [-0.1, -0.05) is 48.0 Å². The van der Waals surface area contributed by atoms with Crippen molar-refractivity contribution in [2.45, 2.75) is 26.8 Å². The number of carbonyl (C=O) groups is 2. The Morgan fingerprint density at radius 3 is 2.26 bits per heavy atom. The van der Waals surface area contributed by atoms with Crippen LogP contribution in [-0.4, -0.2) is 25.5 Å². The van der Waals surface area contributed by atoms with Crippen molar-refractivity contribution in [2.75, 3.05) is 18.6 Å². The van der Waals surface area contributed by atoms with Gasteiger partial charge in [0.2, 0.25) is 5.91 Å². The molecule has 0 aliphatic carbocycles. The molecule has 3 aromatic carbocycles. The molecule has 0 saturated heterocycles. The standard InChI is InChI=1S/C26H28N2O3/c1-4-27-25(29)17-20-11-15-23(16-12-20)28(18-22-7-5-6-8-24(22)31-3)26(30)21-13-9-19(2)10-14-21/h5-16H,4,17-18H2,1-3H3,(H,27,29). The maximum atomic E-state index is 13.4. The first-order valence-corrected chi connectivity index (χ1v) is 10.4. The quantitative estimate of drug-likeness (QED) is 0.587. The van der Waals surface area contributed by atoms with E-state index in [9.17, 15) is 9.59 Å². The molecular formula is C26H28N2O3. The Balaban J connectivity index is 1.92. The number of hydrogen-bond acceptors (Lipinski definition) is 3. The number of rotatable bonds is 8. The zero-order valence-corrected chi connectivity index (χ0v) is 18.2. The second-order valence-electron chi connectivity index (χ2n) is 7.37. The van der Waals surface area contributed by atoms with Crippen molar-refractivity contribution < 1.29 is 14.3 Å². The van der Waals surface area contributed by atoms with Crippen molar-refractivity contribution in [1.29, 1.82) is 0 Å². The molecule has 31 heavy (non-hydrogen) atoms. The topological polar surface area (TPSA) is 58.6 Å². The molecule has 0 aliphatic rings. The van der Waals surface area contributed by atoms with Crippen LogP contribution in [0.2, 0.25) is 0 Å². The molecule has 0 saturated carbocycles. The predicted octanol–water partition coefficient (Wildman–Crippen LogP) is 4.53. The van der Waals surface area contributed by atoms with Crippen LogP contribution in [0.25, 0.3) is 0 Å². The number of nitrogens with zero attached hydrogens (tertiary/aromatic N) is 1. The van der Waals surface area contributed by atoms with Crippen LogP contribution >= 0.6 is 0 Å². The van der Waals surface area contributed by atoms with E-state index in [1.165, 1.54) is 0 Å². The lowest BCUT2D eigenvalue weighted by Gasteiger charge is -2.24. The van der Waals surface area contributed by atoms with Gasteiger partial charge in [-0.2, -0.15) is 0 Å². The van der Waals surface area contributed by atoms with Gasteiger partial charge in [-0.15, -0.1) is 0 Å². The van der Waals surface area contributed by atoms with Crippen LogP contribution in [0.15, 0.2) is 72.8 Å². The number of ether oxygens (including phenoxy) is 1. The van der Waals surface area contributed by atoms with Crippen LogP contribution in [0.1, 0.15) is 34.0 Å². The molecule has 160 valence electrons. The van der Waals surface area contributed by atoms with Gasteiger partial charge in [0.25, 0.3) is 5.91 Å². The molecule has 0 aromatic heterocycles. The maximum Gasteiger partial charge on any atom is 0.258 e. The third-order valence-corrected chi connectivity index (χ3v) is 5.05. The Hall–Kier alpha value is -3.60. The Kier molecular flexibility index (Phi) is 7.44. The summed E-state index contributed by atoms with van der Waals surface area (Å²) in [6.45, 7) is 4.86. The summed E-state index contributed by atoms with van der Waals surface area (Å²) in [5.74, 6) is 0.622. The fourth-order valence-electron chi connectivity index (χ4n) is 3.38. The Bertz CT molecular complexity index is 1030. The average Bonchev–Trinajstić information content (AvgIpc) is 2.78. The highest BCUT2D eigenvalue weighted by molar-refractivity contribution is 6.06. The van der Waals surface area contributed by atoms with Crippen molar-refractivity contribution >= 4 is 17.5 Å². The van der Waals surface area contributed by atoms with Crippen molar-refractivity contribution in [3.05, 3.63) is 95.1 Å². The molecule has 0 fully saturated rings. The van der Waals surface area contributed by atoms with Gasteiger partial charge in [-0.25, -0.2) is 0 Å². The molecule has 5 heteroatoms. The number of nitrogens with one attached hydrogen (secondary N) is 1. The number of hydrogen-bond donors (Lipinski definition) is 1. The van der Waals surface area contributed by atoms with E-state index in [0.29, 0.717) is 25.1 Å². The van der Waals surface area contributed by atoms with E-state index in [0.717, 1.165) is 28.1 Å². The fraction of sp³-hybridized carbons (Fsp3) is 0.231. The van der Waals surface area contributed by atoms with Crippen LogP contribution in [-0.2, 0) is 17.8 Å². The Labute approximate surface area is 183 Å². The number of carbonyl (C=O) groups excluding carboxylic acids is 2. The zero-order valence-electron chi connectivity index (χ0n) is 18.2. The number of amides is 2. The molecule has 1 N–H and O–H groups in total. The summed E-state index contributed by atoms with van der Waals surface area (Å²) in [7, 11) is 1.63. The normalized spacial score (nSPS) is 10.4. The molecule has 0 unspecified atom stereocenters. The smallest absolute Gasteiger partial charge is 0.258 e. The summed E-state index contributed by atoms with van der Waals surface area (Å²) < 4.78 is 5.49. The predicted molar refractivity (Wildman–Crippen MR) is 124 cm³/mol. The molecule has 2 amide bonds. The molecule has 0 bridgehead atoms. The highest BCUT2D eigenvalue weighted by atomic mass is 16.5. The highest BCUT2D eigenvalue weighted by Crippen LogP contribution is 2.25. The maximum absolute atomic E-state index is 13.4. The van der Waals surface area contributed by atoms with Crippen molar-refractivity contribution in [1.82, 2.24) is 5.32 Å². The van der Waals surface area contributed by atoms with Gasteiger partial charge in [0.1, 0.15) is 5.75 Å². The molecule has 0 heterocycles. The van der Waals surface area contributed by atoms with Crippen LogP contribution < -0.4 is 15.0 Å². The lowest BCUT2D eigenvalue weighted by molar-refractivity contribution is -0.120. The van der Waals surface area contributed by atoms with E-state index in [1.807, 2.05) is 86.6 Å². The van der Waals surface area contributed by atoms with Crippen LogP contribution in [0.5, 0.6) is 5.75 Å². The van der Waals surface area contributed by atoms with E-state index in [1.54, 1.807) is 12.0 Å². The first-order valence-electron chi connectivity index (χ1n) is 10.4. The molecule has 0 radical (unpaired) electrons. The second kappa shape index (κ2) is 10.4. The lowest BCUT2D eigenvalue weighted by atomic mass is 10.1. The molecular weight excluding hydrogens is 388 g/mol. The lowest BCUT2D eigenvalue weighted by Crippen LogP contribution is -2.30. The zero-order chi connectivity index (χ0) is 22.2. The summed E-state index contributed by atoms with van der Waals surface area (Å²) >= 11 is 0. The van der Waals surface area contributed by atoms with Crippen LogP contribution in [0, 0.1) is 6.92 Å². The first kappa shape index (κ1) is 22.1. The van der Waals surface area contributed by atoms with Gasteiger partial charge in [-0.3, -0.25) is 9.59 Å². The summed E-state index contributed by atoms with van der Waals surface area (Å²) in [5.41, 5.74) is 4.29. The molecule has 3 aromatic rings. The van der Waals surface area contributed by atoms with Crippen molar-refractivity contribution in [3.63, 3.8) is 0 Å². The average molecular weight is 417 g/mol. The van der Waals surface area contributed by atoms with E-state index in [2.05, 4.69) is 5.32 Å². The summed E-state index contributed by atoms with van der Waals surface area (Å²) in [5, 5.41) is 2.80. The van der Waals surface area contributed by atoms with E-state index in [4.69, 9.17) is 4.74 Å². The number of aryl methyl sites for hydroxylation is 1. The van der Waals surface area contributed by atoms with Gasteiger partial charge in [0, 0.05) is 23.4 Å². The van der Waals surface area contributed by atoms with E-state index < -0.39 is 0 Å². The largest absolute Gasteiger partial charge is 0.496 e. The van der Waals surface area contributed by atoms with Gasteiger partial charge < -0.3 is 15.0 Å². The number of methoxy groups -OCH3 is 1. The van der Waals surface area contributed by atoms with E-state index in [-0.39, 0.29) is 11.8 Å². The fourth-order valence-corrected chi connectivity index (χ4v) is 3.38. The number of benzene rings is 3. The second-order valence-corrected chi connectivity index (χ2v) is 7.37. The number of anilines is 1. The third kappa shape index (κ3) is 5.72. The minimum atomic E-state index is -0.0950. The molecule has 0 atom stereocenters. The molecule has 0 aliphatic heterocycles. The Morgan fingerprint density at radius 2 is 1.61 bits per heavy atom. The van der Waals surface area contributed by atoms with Gasteiger partial charge >= 0.3 is 0 Å². The third-order valence-electron chi connectivity index (χ3n) is 5.05. The summed E-state index contributed by atoms with van der Waals surface area (Å²) in [4.78, 5) is 27.0. The monoisotopic (exact) mass is 416 g/mol. The minimum absolute atomic E-state index is 0.0168. The summed E-state index contributed by atoms with van der Waals surface area (Å²) in [6, 6.07) is 22.8. The number of para-hydroxylation sites is 1. The van der Waals surface area contributed by atoms with Gasteiger partial charge in [-0.05, 0) is 49.7 Å². The van der Waals surface area contributed by atoms with E-state index >= 15 is 0 Å². The SMILES string of the molecule is CCNC(=O)Cc1ccc(N(Cc2ccccc2OC)C(=O)c2ccc(C)cc2)cc1. The molecule has 3 rings (SSSR count).